The van der Waals surface area contributed by atoms with Gasteiger partial charge >= 0.3 is 0 Å². The largest absolute Gasteiger partial charge is 0.491 e. The smallest absolute Gasteiger partial charge is 0.225 e. The van der Waals surface area contributed by atoms with Crippen LogP contribution in [0.3, 0.4) is 0 Å². The van der Waals surface area contributed by atoms with Crippen molar-refractivity contribution in [3.63, 3.8) is 0 Å². The molecule has 3 aromatic rings. The summed E-state index contributed by atoms with van der Waals surface area (Å²) in [5, 5.41) is 10.3. The molecule has 0 bridgehead atoms. The highest BCUT2D eigenvalue weighted by molar-refractivity contribution is 5.80. The monoisotopic (exact) mass is 325 g/mol. The first-order valence-corrected chi connectivity index (χ1v) is 7.72. The highest BCUT2D eigenvalue weighted by atomic mass is 16.5. The Morgan fingerprint density at radius 3 is 2.62 bits per heavy atom. The number of fused-ring (bicyclic) bond motifs is 1. The van der Waals surface area contributed by atoms with Gasteiger partial charge in [0.25, 0.3) is 0 Å². The summed E-state index contributed by atoms with van der Waals surface area (Å²) in [5.41, 5.74) is 6.92. The Morgan fingerprint density at radius 1 is 1.17 bits per heavy atom. The van der Waals surface area contributed by atoms with Crippen LogP contribution in [-0.4, -0.2) is 33.3 Å². The van der Waals surface area contributed by atoms with Gasteiger partial charge in [-0.15, -0.1) is 0 Å². The second-order valence-corrected chi connectivity index (χ2v) is 5.55. The number of aliphatic hydroxyl groups excluding tert-OH is 1. The van der Waals surface area contributed by atoms with E-state index in [1.54, 1.807) is 0 Å². The SMILES string of the molecule is NC(=O)Cc1nc2ccccc2n1CC(O)COc1ccccc1. The van der Waals surface area contributed by atoms with Gasteiger partial charge in [0, 0.05) is 0 Å². The highest BCUT2D eigenvalue weighted by Crippen LogP contribution is 2.17. The van der Waals surface area contributed by atoms with Crippen molar-refractivity contribution >= 4 is 16.9 Å². The van der Waals surface area contributed by atoms with Gasteiger partial charge in [-0.2, -0.15) is 0 Å². The summed E-state index contributed by atoms with van der Waals surface area (Å²) in [5.74, 6) is 0.786. The van der Waals surface area contributed by atoms with E-state index in [2.05, 4.69) is 4.98 Å². The van der Waals surface area contributed by atoms with Crippen molar-refractivity contribution in [1.82, 2.24) is 9.55 Å². The molecule has 0 radical (unpaired) electrons. The minimum absolute atomic E-state index is 0.0287. The number of carbonyl (C=O) groups is 1. The maximum atomic E-state index is 11.3. The Labute approximate surface area is 139 Å². The van der Waals surface area contributed by atoms with Crippen LogP contribution < -0.4 is 10.5 Å². The summed E-state index contributed by atoms with van der Waals surface area (Å²) in [6, 6.07) is 16.8. The second-order valence-electron chi connectivity index (χ2n) is 5.55. The van der Waals surface area contributed by atoms with E-state index < -0.39 is 12.0 Å². The highest BCUT2D eigenvalue weighted by Gasteiger charge is 2.16. The van der Waals surface area contributed by atoms with E-state index in [0.717, 1.165) is 11.0 Å². The zero-order valence-electron chi connectivity index (χ0n) is 13.1. The van der Waals surface area contributed by atoms with E-state index in [1.807, 2.05) is 59.2 Å². The number of hydrogen-bond donors (Lipinski definition) is 2. The number of nitrogens with two attached hydrogens (primary N) is 1. The number of ether oxygens (including phenoxy) is 1. The van der Waals surface area contributed by atoms with E-state index in [9.17, 15) is 9.90 Å². The van der Waals surface area contributed by atoms with Crippen LogP contribution in [-0.2, 0) is 17.8 Å². The van der Waals surface area contributed by atoms with Gasteiger partial charge in [0.1, 0.15) is 24.3 Å². The van der Waals surface area contributed by atoms with Crippen molar-refractivity contribution in [2.75, 3.05) is 6.61 Å². The molecule has 0 aliphatic carbocycles. The van der Waals surface area contributed by atoms with Crippen molar-refractivity contribution in [2.45, 2.75) is 19.1 Å². The molecule has 1 aromatic heterocycles. The topological polar surface area (TPSA) is 90.4 Å². The molecule has 0 saturated carbocycles. The minimum atomic E-state index is -0.741. The number of para-hydroxylation sites is 3. The van der Waals surface area contributed by atoms with Gasteiger partial charge < -0.3 is 20.1 Å². The fourth-order valence-corrected chi connectivity index (χ4v) is 2.59. The Kier molecular flexibility index (Phi) is 4.77. The van der Waals surface area contributed by atoms with E-state index in [1.165, 1.54) is 0 Å². The van der Waals surface area contributed by atoms with E-state index >= 15 is 0 Å². The lowest BCUT2D eigenvalue weighted by Gasteiger charge is -2.15. The summed E-state index contributed by atoms with van der Waals surface area (Å²) in [6.07, 6.45) is -0.713. The molecule has 124 valence electrons. The second kappa shape index (κ2) is 7.14. The number of rotatable bonds is 7. The average Bonchev–Trinajstić information content (AvgIpc) is 2.91. The van der Waals surface area contributed by atoms with Crippen LogP contribution in [0.25, 0.3) is 11.0 Å². The third kappa shape index (κ3) is 3.72. The van der Waals surface area contributed by atoms with Crippen molar-refractivity contribution in [3.8, 4) is 5.75 Å². The number of aromatic nitrogens is 2. The number of hydrogen-bond acceptors (Lipinski definition) is 4. The summed E-state index contributed by atoms with van der Waals surface area (Å²) >= 11 is 0. The first kappa shape index (κ1) is 16.0. The quantitative estimate of drug-likeness (QED) is 0.689. The number of primary amides is 1. The van der Waals surface area contributed by atoms with E-state index in [-0.39, 0.29) is 19.6 Å². The zero-order valence-corrected chi connectivity index (χ0v) is 13.1. The van der Waals surface area contributed by atoms with Crippen LogP contribution in [0.4, 0.5) is 0 Å². The predicted octanol–water partition coefficient (Wildman–Crippen LogP) is 1.50. The van der Waals surface area contributed by atoms with Crippen molar-refractivity contribution in [2.24, 2.45) is 5.73 Å². The zero-order chi connectivity index (χ0) is 16.9. The van der Waals surface area contributed by atoms with E-state index in [0.29, 0.717) is 11.6 Å². The van der Waals surface area contributed by atoms with Gasteiger partial charge in [0.2, 0.25) is 5.91 Å². The lowest BCUT2D eigenvalue weighted by Crippen LogP contribution is -2.26. The number of benzene rings is 2. The van der Waals surface area contributed by atoms with Crippen molar-refractivity contribution < 1.29 is 14.6 Å². The molecule has 1 unspecified atom stereocenters. The summed E-state index contributed by atoms with van der Waals surface area (Å²) in [7, 11) is 0. The molecule has 6 heteroatoms. The summed E-state index contributed by atoms with van der Waals surface area (Å²) in [6.45, 7) is 0.419. The summed E-state index contributed by atoms with van der Waals surface area (Å²) in [4.78, 5) is 15.7. The average molecular weight is 325 g/mol. The third-order valence-corrected chi connectivity index (χ3v) is 3.64. The number of nitrogens with zero attached hydrogens (tertiary/aromatic N) is 2. The van der Waals surface area contributed by atoms with Crippen LogP contribution in [0.15, 0.2) is 54.6 Å². The number of amides is 1. The molecule has 0 aliphatic rings. The van der Waals surface area contributed by atoms with Crippen LogP contribution in [0.1, 0.15) is 5.82 Å². The van der Waals surface area contributed by atoms with Crippen molar-refractivity contribution in [3.05, 3.63) is 60.4 Å². The number of imidazole rings is 1. The van der Waals surface area contributed by atoms with Crippen LogP contribution in [0.5, 0.6) is 5.75 Å². The fraction of sp³-hybridized carbons (Fsp3) is 0.222. The fourth-order valence-electron chi connectivity index (χ4n) is 2.59. The van der Waals surface area contributed by atoms with Crippen LogP contribution in [0.2, 0.25) is 0 Å². The van der Waals surface area contributed by atoms with Crippen LogP contribution in [0, 0.1) is 0 Å². The Hall–Kier alpha value is -2.86. The molecule has 24 heavy (non-hydrogen) atoms. The minimum Gasteiger partial charge on any atom is -0.491 e. The van der Waals surface area contributed by atoms with Gasteiger partial charge in [-0.05, 0) is 24.3 Å². The van der Waals surface area contributed by atoms with Gasteiger partial charge in [0.15, 0.2) is 0 Å². The van der Waals surface area contributed by atoms with Gasteiger partial charge in [-0.3, -0.25) is 4.79 Å². The first-order valence-electron chi connectivity index (χ1n) is 7.72. The number of aliphatic hydroxyl groups is 1. The standard InChI is InChI=1S/C18H19N3O3/c19-17(23)10-18-20-15-8-4-5-9-16(15)21(18)11-13(22)12-24-14-6-2-1-3-7-14/h1-9,13,22H,10-12H2,(H2,19,23). The van der Waals surface area contributed by atoms with E-state index in [4.69, 9.17) is 10.5 Å². The van der Waals surface area contributed by atoms with Crippen LogP contribution >= 0.6 is 0 Å². The molecule has 3 N–H and O–H groups in total. The molecular formula is C18H19N3O3. The molecule has 1 heterocycles. The predicted molar refractivity (Wildman–Crippen MR) is 90.6 cm³/mol. The maximum Gasteiger partial charge on any atom is 0.225 e. The van der Waals surface area contributed by atoms with Gasteiger partial charge in [-0.25, -0.2) is 4.98 Å². The molecule has 0 aliphatic heterocycles. The molecule has 2 aromatic carbocycles. The molecule has 0 fully saturated rings. The Bertz CT molecular complexity index is 830. The third-order valence-electron chi connectivity index (χ3n) is 3.64. The summed E-state index contributed by atoms with van der Waals surface area (Å²) < 4.78 is 7.39. The number of carbonyl (C=O) groups excluding carboxylic acids is 1. The normalized spacial score (nSPS) is 12.2. The lowest BCUT2D eigenvalue weighted by atomic mass is 10.3. The molecule has 0 saturated heterocycles. The Balaban J connectivity index is 1.76. The molecule has 6 nitrogen and oxygen atoms in total. The lowest BCUT2D eigenvalue weighted by molar-refractivity contribution is -0.117. The van der Waals surface area contributed by atoms with Crippen molar-refractivity contribution in [1.29, 1.82) is 0 Å². The Morgan fingerprint density at radius 2 is 1.88 bits per heavy atom. The molecule has 1 atom stereocenters. The molecular weight excluding hydrogens is 306 g/mol. The maximum absolute atomic E-state index is 11.3. The molecule has 1 amide bonds. The van der Waals surface area contributed by atoms with Gasteiger partial charge in [-0.1, -0.05) is 30.3 Å². The first-order chi connectivity index (χ1) is 11.6. The van der Waals surface area contributed by atoms with Gasteiger partial charge in [0.05, 0.1) is 24.0 Å². The molecule has 0 spiro atoms. The molecule has 3 rings (SSSR count).